The molecule has 0 amide bonds. The lowest BCUT2D eigenvalue weighted by molar-refractivity contribution is 0.437. The molecule has 2 N–H and O–H groups in total. The smallest absolute Gasteiger partial charge is 0.244 e. The molecule has 0 saturated carbocycles. The number of ether oxygens (including phenoxy) is 1. The van der Waals surface area contributed by atoms with Gasteiger partial charge in [-0.05, 0) is 30.2 Å². The predicted octanol–water partition coefficient (Wildman–Crippen LogP) is 5.33. The molecule has 1 aromatic heterocycles. The van der Waals surface area contributed by atoms with Crippen molar-refractivity contribution in [2.75, 3.05) is 0 Å². The summed E-state index contributed by atoms with van der Waals surface area (Å²) >= 11 is 12.5. The zero-order chi connectivity index (χ0) is 19.1. The first kappa shape index (κ1) is 17.6. The van der Waals surface area contributed by atoms with Crippen molar-refractivity contribution in [1.29, 1.82) is 10.7 Å². The van der Waals surface area contributed by atoms with Crippen LogP contribution in [0.2, 0.25) is 10.0 Å². The lowest BCUT2D eigenvalue weighted by atomic mass is 9.79. The molecule has 0 radical (unpaired) electrons. The SMILES string of the molecule is Cc1ccc(-c2[nH]nc3c2C(c2ccc(Cl)cc2Cl)C(C#N)C(=N)O3)cc1. The lowest BCUT2D eigenvalue weighted by Gasteiger charge is -2.28. The van der Waals surface area contributed by atoms with Crippen molar-refractivity contribution in [2.45, 2.75) is 12.8 Å². The van der Waals surface area contributed by atoms with E-state index < -0.39 is 11.8 Å². The number of benzene rings is 2. The highest BCUT2D eigenvalue weighted by Crippen LogP contribution is 2.47. The van der Waals surface area contributed by atoms with Crippen molar-refractivity contribution in [2.24, 2.45) is 5.92 Å². The van der Waals surface area contributed by atoms with Gasteiger partial charge in [0.05, 0.1) is 17.3 Å². The summed E-state index contributed by atoms with van der Waals surface area (Å²) in [6.45, 7) is 2.01. The normalized spacial score (nSPS) is 18.5. The number of rotatable bonds is 2. The Labute approximate surface area is 166 Å². The second kappa shape index (κ2) is 6.73. The van der Waals surface area contributed by atoms with Gasteiger partial charge in [-0.1, -0.05) is 59.1 Å². The minimum absolute atomic E-state index is 0.150. The van der Waals surface area contributed by atoms with Gasteiger partial charge >= 0.3 is 0 Å². The van der Waals surface area contributed by atoms with Gasteiger partial charge in [-0.25, -0.2) is 0 Å². The van der Waals surface area contributed by atoms with Crippen molar-refractivity contribution in [3.8, 4) is 23.2 Å². The third-order valence-corrected chi connectivity index (χ3v) is 5.24. The second-order valence-corrected chi connectivity index (χ2v) is 7.24. The van der Waals surface area contributed by atoms with Crippen LogP contribution in [-0.2, 0) is 0 Å². The Kier molecular flexibility index (Phi) is 4.39. The molecule has 27 heavy (non-hydrogen) atoms. The molecule has 2 aromatic carbocycles. The van der Waals surface area contributed by atoms with Gasteiger partial charge in [-0.2, -0.15) is 5.26 Å². The summed E-state index contributed by atoms with van der Waals surface area (Å²) in [6.07, 6.45) is 0. The van der Waals surface area contributed by atoms with Gasteiger partial charge in [-0.3, -0.25) is 10.5 Å². The number of nitrogens with zero attached hydrogens (tertiary/aromatic N) is 2. The number of nitrogens with one attached hydrogen (secondary N) is 2. The molecule has 2 atom stereocenters. The number of hydrogen-bond donors (Lipinski definition) is 2. The fourth-order valence-electron chi connectivity index (χ4n) is 3.35. The van der Waals surface area contributed by atoms with E-state index in [1.54, 1.807) is 18.2 Å². The molecule has 0 saturated heterocycles. The first-order chi connectivity index (χ1) is 13.0. The molecule has 3 aromatic rings. The molecule has 0 fully saturated rings. The van der Waals surface area contributed by atoms with Crippen LogP contribution in [0, 0.1) is 29.6 Å². The highest BCUT2D eigenvalue weighted by Gasteiger charge is 2.41. The van der Waals surface area contributed by atoms with E-state index in [1.807, 2.05) is 31.2 Å². The minimum Gasteiger partial charge on any atom is -0.422 e. The van der Waals surface area contributed by atoms with Crippen LogP contribution in [0.5, 0.6) is 5.88 Å². The molecule has 0 spiro atoms. The zero-order valence-electron chi connectivity index (χ0n) is 14.3. The number of halogens is 2. The number of aryl methyl sites for hydroxylation is 1. The van der Waals surface area contributed by atoms with Gasteiger partial charge in [0.1, 0.15) is 5.92 Å². The fourth-order valence-corrected chi connectivity index (χ4v) is 3.87. The Hall–Kier alpha value is -2.81. The number of hydrogen-bond acceptors (Lipinski definition) is 4. The maximum Gasteiger partial charge on any atom is 0.244 e. The third-order valence-electron chi connectivity index (χ3n) is 4.68. The van der Waals surface area contributed by atoms with Gasteiger partial charge in [0.15, 0.2) is 0 Å². The molecular weight excluding hydrogens is 383 g/mol. The Balaban J connectivity index is 1.95. The van der Waals surface area contributed by atoms with E-state index in [-0.39, 0.29) is 11.8 Å². The van der Waals surface area contributed by atoms with Crippen LogP contribution < -0.4 is 4.74 Å². The summed E-state index contributed by atoms with van der Waals surface area (Å²) in [6, 6.07) is 15.3. The largest absolute Gasteiger partial charge is 0.422 e. The lowest BCUT2D eigenvalue weighted by Crippen LogP contribution is -2.31. The molecule has 7 heteroatoms. The molecule has 0 aliphatic carbocycles. The Morgan fingerprint density at radius 1 is 1.19 bits per heavy atom. The number of aromatic amines is 1. The Morgan fingerprint density at radius 2 is 1.93 bits per heavy atom. The average molecular weight is 397 g/mol. The van der Waals surface area contributed by atoms with Gasteiger partial charge in [-0.15, -0.1) is 5.10 Å². The number of nitriles is 1. The van der Waals surface area contributed by atoms with Crippen molar-refractivity contribution in [3.05, 3.63) is 69.2 Å². The predicted molar refractivity (Wildman–Crippen MR) is 105 cm³/mol. The maximum atomic E-state index is 9.73. The van der Waals surface area contributed by atoms with E-state index in [0.717, 1.165) is 16.8 Å². The highest BCUT2D eigenvalue weighted by atomic mass is 35.5. The summed E-state index contributed by atoms with van der Waals surface area (Å²) < 4.78 is 5.53. The maximum absolute atomic E-state index is 9.73. The van der Waals surface area contributed by atoms with E-state index in [2.05, 4.69) is 16.3 Å². The Morgan fingerprint density at radius 3 is 2.59 bits per heavy atom. The van der Waals surface area contributed by atoms with Crippen LogP contribution in [-0.4, -0.2) is 16.1 Å². The second-order valence-electron chi connectivity index (χ2n) is 6.40. The minimum atomic E-state index is -0.821. The van der Waals surface area contributed by atoms with Crippen LogP contribution in [0.3, 0.4) is 0 Å². The number of aromatic nitrogens is 2. The quantitative estimate of drug-likeness (QED) is 0.613. The zero-order valence-corrected chi connectivity index (χ0v) is 15.8. The van der Waals surface area contributed by atoms with Crippen molar-refractivity contribution in [1.82, 2.24) is 10.2 Å². The van der Waals surface area contributed by atoms with E-state index in [9.17, 15) is 5.26 Å². The first-order valence-corrected chi connectivity index (χ1v) is 9.01. The number of H-pyrrole nitrogens is 1. The molecule has 0 bridgehead atoms. The fraction of sp³-hybridized carbons (Fsp3) is 0.150. The summed E-state index contributed by atoms with van der Waals surface area (Å²) in [4.78, 5) is 0. The summed E-state index contributed by atoms with van der Waals surface area (Å²) in [5.74, 6) is -1.18. The standard InChI is InChI=1S/C20H14Cl2N4O/c1-10-2-4-11(5-3-10)18-17-16(13-7-6-12(21)8-15(13)22)14(9-23)19(24)27-20(17)26-25-18/h2-8,14,16,24H,1H3,(H,25,26). The molecule has 1 aliphatic heterocycles. The van der Waals surface area contributed by atoms with Gasteiger partial charge in [0.25, 0.3) is 0 Å². The molecule has 1 aliphatic rings. The van der Waals surface area contributed by atoms with Crippen molar-refractivity contribution in [3.63, 3.8) is 0 Å². The molecule has 5 nitrogen and oxygen atoms in total. The third kappa shape index (κ3) is 2.97. The molecule has 2 heterocycles. The molecule has 134 valence electrons. The summed E-state index contributed by atoms with van der Waals surface area (Å²) in [5, 5.41) is 26.0. The molecular formula is C20H14Cl2N4O. The van der Waals surface area contributed by atoms with Crippen LogP contribution in [0.4, 0.5) is 0 Å². The van der Waals surface area contributed by atoms with Gasteiger partial charge in [0, 0.05) is 16.0 Å². The van der Waals surface area contributed by atoms with E-state index in [0.29, 0.717) is 21.2 Å². The topological polar surface area (TPSA) is 85.5 Å². The monoisotopic (exact) mass is 396 g/mol. The number of fused-ring (bicyclic) bond motifs is 1. The van der Waals surface area contributed by atoms with E-state index in [4.69, 9.17) is 33.3 Å². The van der Waals surface area contributed by atoms with E-state index in [1.165, 1.54) is 0 Å². The highest BCUT2D eigenvalue weighted by molar-refractivity contribution is 6.35. The van der Waals surface area contributed by atoms with Crippen LogP contribution >= 0.6 is 23.2 Å². The summed E-state index contributed by atoms with van der Waals surface area (Å²) in [5.41, 5.74) is 4.21. The average Bonchev–Trinajstić information content (AvgIpc) is 3.05. The first-order valence-electron chi connectivity index (χ1n) is 8.25. The van der Waals surface area contributed by atoms with Gasteiger partial charge < -0.3 is 4.74 Å². The van der Waals surface area contributed by atoms with Crippen LogP contribution in [0.1, 0.15) is 22.6 Å². The van der Waals surface area contributed by atoms with Gasteiger partial charge in [0.2, 0.25) is 11.8 Å². The molecule has 2 unspecified atom stereocenters. The molecule has 4 rings (SSSR count). The Bertz CT molecular complexity index is 1080. The summed E-state index contributed by atoms with van der Waals surface area (Å²) in [7, 11) is 0. The van der Waals surface area contributed by atoms with Crippen molar-refractivity contribution >= 4 is 29.1 Å². The van der Waals surface area contributed by atoms with E-state index >= 15 is 0 Å². The van der Waals surface area contributed by atoms with Crippen LogP contribution in [0.15, 0.2) is 42.5 Å². The van der Waals surface area contributed by atoms with Crippen LogP contribution in [0.25, 0.3) is 11.3 Å². The van der Waals surface area contributed by atoms with Crippen molar-refractivity contribution < 1.29 is 4.74 Å².